The molecule has 4 atom stereocenters. The molecule has 22 heavy (non-hydrogen) atoms. The molecule has 0 aromatic heterocycles. The lowest BCUT2D eigenvalue weighted by atomic mass is 10.2. The van der Waals surface area contributed by atoms with Gasteiger partial charge in [0.1, 0.15) is 0 Å². The van der Waals surface area contributed by atoms with Gasteiger partial charge in [-0.15, -0.1) is 0 Å². The Bertz CT molecular complexity index is 255. The second kappa shape index (κ2) is 12.2. The molecule has 0 aromatic rings. The molecule has 1 fully saturated rings. The van der Waals surface area contributed by atoms with E-state index in [2.05, 4.69) is 0 Å². The molecule has 1 N–H and O–H groups in total. The van der Waals surface area contributed by atoms with Crippen molar-refractivity contribution >= 4 is 0 Å². The smallest absolute Gasteiger partial charge is 0.0809 e. The number of aliphatic hydroxyl groups is 1. The van der Waals surface area contributed by atoms with Crippen LogP contribution in [0.25, 0.3) is 0 Å². The molecule has 1 saturated heterocycles. The highest BCUT2D eigenvalue weighted by Crippen LogP contribution is 2.11. The van der Waals surface area contributed by atoms with Crippen LogP contribution in [0.4, 0.5) is 0 Å². The van der Waals surface area contributed by atoms with Crippen molar-refractivity contribution in [1.82, 2.24) is 0 Å². The van der Waals surface area contributed by atoms with E-state index in [1.807, 2.05) is 13.8 Å². The number of hydrogen-bond donors (Lipinski definition) is 1. The molecule has 1 aliphatic heterocycles. The van der Waals surface area contributed by atoms with Crippen molar-refractivity contribution in [2.75, 3.05) is 46.2 Å². The van der Waals surface area contributed by atoms with Crippen molar-refractivity contribution in [1.29, 1.82) is 0 Å². The summed E-state index contributed by atoms with van der Waals surface area (Å²) in [6.45, 7) is 9.62. The highest BCUT2D eigenvalue weighted by atomic mass is 16.6. The largest absolute Gasteiger partial charge is 0.391 e. The summed E-state index contributed by atoms with van der Waals surface area (Å²) in [5.41, 5.74) is 0. The van der Waals surface area contributed by atoms with Crippen molar-refractivity contribution in [2.24, 2.45) is 0 Å². The molecule has 1 aliphatic rings. The van der Waals surface area contributed by atoms with Crippen molar-refractivity contribution < 1.29 is 28.8 Å². The summed E-state index contributed by atoms with van der Waals surface area (Å²) in [4.78, 5) is 0. The van der Waals surface area contributed by atoms with Gasteiger partial charge in [0.25, 0.3) is 0 Å². The van der Waals surface area contributed by atoms with E-state index in [-0.39, 0.29) is 18.3 Å². The molecule has 0 aliphatic carbocycles. The van der Waals surface area contributed by atoms with E-state index in [0.29, 0.717) is 39.6 Å². The summed E-state index contributed by atoms with van der Waals surface area (Å²) in [6.07, 6.45) is 2.03. The van der Waals surface area contributed by atoms with Crippen LogP contribution in [-0.2, 0) is 23.7 Å². The fraction of sp³-hybridized carbons (Fsp3) is 1.00. The van der Waals surface area contributed by atoms with Crippen molar-refractivity contribution in [2.45, 2.75) is 58.0 Å². The Kier molecular flexibility index (Phi) is 11.0. The molecule has 0 aromatic carbocycles. The standard InChI is InChI=1S/C16H32O6/c1-13(17)9-21-15(3)11-22-14(2)10-18-7-8-19-12-16-5-4-6-20-16/h13-17H,4-12H2,1-3H3. The Balaban J connectivity index is 1.86. The van der Waals surface area contributed by atoms with E-state index in [1.54, 1.807) is 6.92 Å². The molecule has 0 radical (unpaired) electrons. The third-order valence-electron chi connectivity index (χ3n) is 3.29. The molecule has 0 amide bonds. The Morgan fingerprint density at radius 2 is 1.68 bits per heavy atom. The average molecular weight is 320 g/mol. The monoisotopic (exact) mass is 320 g/mol. The second-order valence-corrected chi connectivity index (χ2v) is 5.92. The molecule has 4 unspecified atom stereocenters. The molecule has 1 heterocycles. The van der Waals surface area contributed by atoms with E-state index in [4.69, 9.17) is 28.8 Å². The predicted octanol–water partition coefficient (Wildman–Crippen LogP) is 1.39. The lowest BCUT2D eigenvalue weighted by Gasteiger charge is -2.18. The Morgan fingerprint density at radius 1 is 1.00 bits per heavy atom. The predicted molar refractivity (Wildman–Crippen MR) is 83.1 cm³/mol. The quantitative estimate of drug-likeness (QED) is 0.517. The Morgan fingerprint density at radius 3 is 2.36 bits per heavy atom. The van der Waals surface area contributed by atoms with Gasteiger partial charge in [-0.05, 0) is 33.6 Å². The summed E-state index contributed by atoms with van der Waals surface area (Å²) in [6, 6.07) is 0. The maximum atomic E-state index is 9.13. The Hall–Kier alpha value is -0.240. The first-order chi connectivity index (χ1) is 10.6. The molecular formula is C16H32O6. The third-order valence-corrected chi connectivity index (χ3v) is 3.29. The molecule has 0 spiro atoms. The van der Waals surface area contributed by atoms with Crippen LogP contribution >= 0.6 is 0 Å². The summed E-state index contributed by atoms with van der Waals surface area (Å²) in [5.74, 6) is 0. The first-order valence-corrected chi connectivity index (χ1v) is 8.26. The van der Waals surface area contributed by atoms with Gasteiger partial charge in [0.05, 0.1) is 64.1 Å². The fourth-order valence-corrected chi connectivity index (χ4v) is 2.06. The number of rotatable bonds is 13. The second-order valence-electron chi connectivity index (χ2n) is 5.92. The summed E-state index contributed by atoms with van der Waals surface area (Å²) >= 11 is 0. The summed E-state index contributed by atoms with van der Waals surface area (Å²) in [7, 11) is 0. The highest BCUT2D eigenvalue weighted by Gasteiger charge is 2.15. The van der Waals surface area contributed by atoms with Gasteiger partial charge in [-0.2, -0.15) is 0 Å². The van der Waals surface area contributed by atoms with Crippen LogP contribution in [0.1, 0.15) is 33.6 Å². The minimum Gasteiger partial charge on any atom is -0.391 e. The number of hydrogen-bond acceptors (Lipinski definition) is 6. The summed E-state index contributed by atoms with van der Waals surface area (Å²) < 4.78 is 27.6. The van der Waals surface area contributed by atoms with E-state index in [0.717, 1.165) is 19.4 Å². The maximum Gasteiger partial charge on any atom is 0.0809 e. The van der Waals surface area contributed by atoms with Crippen LogP contribution in [0.2, 0.25) is 0 Å². The molecule has 0 bridgehead atoms. The average Bonchev–Trinajstić information content (AvgIpc) is 2.99. The van der Waals surface area contributed by atoms with E-state index < -0.39 is 6.10 Å². The van der Waals surface area contributed by atoms with E-state index in [9.17, 15) is 0 Å². The minimum atomic E-state index is -0.446. The zero-order chi connectivity index (χ0) is 16.2. The lowest BCUT2D eigenvalue weighted by Crippen LogP contribution is -2.26. The van der Waals surface area contributed by atoms with Crippen LogP contribution in [0.15, 0.2) is 0 Å². The maximum absolute atomic E-state index is 9.13. The summed E-state index contributed by atoms with van der Waals surface area (Å²) in [5, 5.41) is 9.13. The molecule has 132 valence electrons. The Labute approximate surface area is 134 Å². The molecular weight excluding hydrogens is 288 g/mol. The molecule has 1 rings (SSSR count). The van der Waals surface area contributed by atoms with Gasteiger partial charge in [0.2, 0.25) is 0 Å². The first-order valence-electron chi connectivity index (χ1n) is 8.26. The van der Waals surface area contributed by atoms with E-state index in [1.165, 1.54) is 0 Å². The number of aliphatic hydroxyl groups excluding tert-OH is 1. The molecule has 6 nitrogen and oxygen atoms in total. The van der Waals surface area contributed by atoms with Crippen LogP contribution < -0.4 is 0 Å². The topological polar surface area (TPSA) is 66.4 Å². The van der Waals surface area contributed by atoms with Gasteiger partial charge >= 0.3 is 0 Å². The highest BCUT2D eigenvalue weighted by molar-refractivity contribution is 4.63. The zero-order valence-electron chi connectivity index (χ0n) is 14.2. The van der Waals surface area contributed by atoms with Gasteiger partial charge in [0.15, 0.2) is 0 Å². The lowest BCUT2D eigenvalue weighted by molar-refractivity contribution is -0.0753. The third kappa shape index (κ3) is 10.5. The normalized spacial score (nSPS) is 22.6. The number of ether oxygens (including phenoxy) is 5. The van der Waals surface area contributed by atoms with Crippen molar-refractivity contribution in [3.63, 3.8) is 0 Å². The van der Waals surface area contributed by atoms with Gasteiger partial charge in [-0.1, -0.05) is 0 Å². The molecule has 0 saturated carbocycles. The van der Waals surface area contributed by atoms with Gasteiger partial charge in [-0.3, -0.25) is 0 Å². The fourth-order valence-electron chi connectivity index (χ4n) is 2.06. The molecule has 6 heteroatoms. The van der Waals surface area contributed by atoms with Gasteiger partial charge in [-0.25, -0.2) is 0 Å². The first kappa shape index (κ1) is 19.8. The van der Waals surface area contributed by atoms with Crippen LogP contribution in [0.5, 0.6) is 0 Å². The van der Waals surface area contributed by atoms with Crippen LogP contribution in [0, 0.1) is 0 Å². The van der Waals surface area contributed by atoms with Crippen LogP contribution in [0.3, 0.4) is 0 Å². The minimum absolute atomic E-state index is 0.00997. The van der Waals surface area contributed by atoms with E-state index >= 15 is 0 Å². The van der Waals surface area contributed by atoms with Crippen molar-refractivity contribution in [3.05, 3.63) is 0 Å². The van der Waals surface area contributed by atoms with Gasteiger partial charge in [0, 0.05) is 6.61 Å². The zero-order valence-corrected chi connectivity index (χ0v) is 14.2. The van der Waals surface area contributed by atoms with Crippen molar-refractivity contribution in [3.8, 4) is 0 Å². The van der Waals surface area contributed by atoms with Gasteiger partial charge < -0.3 is 28.8 Å². The SMILES string of the molecule is CC(O)COC(C)COC(C)COCCOCC1CCCO1. The van der Waals surface area contributed by atoms with Crippen LogP contribution in [-0.4, -0.2) is 75.8 Å².